The van der Waals surface area contributed by atoms with E-state index >= 15 is 4.39 Å². The van der Waals surface area contributed by atoms with E-state index < -0.39 is 11.5 Å². The van der Waals surface area contributed by atoms with Gasteiger partial charge in [0.25, 0.3) is 5.91 Å². The summed E-state index contributed by atoms with van der Waals surface area (Å²) >= 11 is 5.77. The molecule has 0 aromatic heterocycles. The highest BCUT2D eigenvalue weighted by Crippen LogP contribution is 2.33. The number of ether oxygens (including phenoxy) is 1. The first-order chi connectivity index (χ1) is 15.0. The van der Waals surface area contributed by atoms with E-state index in [0.29, 0.717) is 44.5 Å². The van der Waals surface area contributed by atoms with Crippen molar-refractivity contribution in [2.24, 2.45) is 0 Å². The number of alkyl halides is 1. The Morgan fingerprint density at radius 3 is 2.77 bits per heavy atom. The van der Waals surface area contributed by atoms with E-state index in [0.717, 1.165) is 37.2 Å². The molecule has 0 atom stereocenters. The van der Waals surface area contributed by atoms with Crippen LogP contribution in [-0.2, 0) is 6.42 Å². The minimum Gasteiger partial charge on any atom is -0.493 e. The van der Waals surface area contributed by atoms with Gasteiger partial charge in [0.2, 0.25) is 0 Å². The summed E-state index contributed by atoms with van der Waals surface area (Å²) in [6, 6.07) is 9.96. The Morgan fingerprint density at radius 1 is 1.19 bits per heavy atom. The van der Waals surface area contributed by atoms with Crippen molar-refractivity contribution in [2.45, 2.75) is 44.2 Å². The minimum atomic E-state index is -1.25. The first kappa shape index (κ1) is 21.9. The molecule has 166 valence electrons. The average Bonchev–Trinajstić information content (AvgIpc) is 3.25. The fraction of sp³-hybridized carbons (Fsp3) is 0.458. The molecule has 2 aromatic rings. The lowest BCUT2D eigenvalue weighted by molar-refractivity contribution is 0.0382. The number of benzene rings is 2. The van der Waals surface area contributed by atoms with Gasteiger partial charge in [0.1, 0.15) is 17.2 Å². The lowest BCUT2D eigenvalue weighted by atomic mass is 9.88. The quantitative estimate of drug-likeness (QED) is 0.557. The second-order valence-electron chi connectivity index (χ2n) is 8.34. The molecule has 0 unspecified atom stereocenters. The Hall–Kier alpha value is -2.34. The zero-order valence-electron chi connectivity index (χ0n) is 17.4. The fourth-order valence-corrected chi connectivity index (χ4v) is 4.53. The maximum atomic E-state index is 15.2. The molecular formula is C24H27ClF2N2O2. The zero-order valence-corrected chi connectivity index (χ0v) is 18.2. The van der Waals surface area contributed by atoms with Crippen molar-refractivity contribution >= 4 is 23.2 Å². The number of hydrogen-bond donors (Lipinski definition) is 1. The molecule has 1 saturated heterocycles. The zero-order chi connectivity index (χ0) is 21.8. The molecule has 1 N–H and O–H groups in total. The number of nitrogens with one attached hydrogen (secondary N) is 1. The van der Waals surface area contributed by atoms with Gasteiger partial charge in [-0.2, -0.15) is 0 Å². The summed E-state index contributed by atoms with van der Waals surface area (Å²) in [6.07, 6.45) is 3.59. The van der Waals surface area contributed by atoms with Gasteiger partial charge in [-0.15, -0.1) is 0 Å². The monoisotopic (exact) mass is 448 g/mol. The summed E-state index contributed by atoms with van der Waals surface area (Å²) in [5.41, 5.74) is 1.45. The Kier molecular flexibility index (Phi) is 6.65. The maximum absolute atomic E-state index is 15.2. The Labute approximate surface area is 186 Å². The van der Waals surface area contributed by atoms with Gasteiger partial charge in [0.05, 0.1) is 11.6 Å². The van der Waals surface area contributed by atoms with Gasteiger partial charge < -0.3 is 15.0 Å². The minimum absolute atomic E-state index is 0.0818. The fourth-order valence-electron chi connectivity index (χ4n) is 4.34. The number of hydrogen-bond acceptors (Lipinski definition) is 3. The van der Waals surface area contributed by atoms with Gasteiger partial charge in [0, 0.05) is 36.4 Å². The number of likely N-dealkylation sites (tertiary alicyclic amines) is 1. The van der Waals surface area contributed by atoms with Crippen molar-refractivity contribution < 1.29 is 18.3 Å². The normalized spacial score (nSPS) is 17.2. The number of halogens is 3. The van der Waals surface area contributed by atoms with Crippen LogP contribution in [0.2, 0.25) is 5.02 Å². The molecule has 4 rings (SSSR count). The lowest BCUT2D eigenvalue weighted by Crippen LogP contribution is -2.44. The molecule has 1 fully saturated rings. The number of nitrogens with zero attached hydrogens (tertiary/aromatic N) is 1. The molecule has 7 heteroatoms. The van der Waals surface area contributed by atoms with E-state index in [-0.39, 0.29) is 10.9 Å². The molecule has 4 nitrogen and oxygen atoms in total. The van der Waals surface area contributed by atoms with Crippen LogP contribution in [-0.4, -0.2) is 42.7 Å². The van der Waals surface area contributed by atoms with Crippen molar-refractivity contribution in [1.29, 1.82) is 0 Å². The second kappa shape index (κ2) is 9.43. The van der Waals surface area contributed by atoms with Crippen LogP contribution in [0.3, 0.4) is 0 Å². The first-order valence-corrected chi connectivity index (χ1v) is 11.2. The van der Waals surface area contributed by atoms with E-state index in [2.05, 4.69) is 11.4 Å². The molecule has 2 aliphatic rings. The van der Waals surface area contributed by atoms with E-state index in [9.17, 15) is 9.18 Å². The molecule has 0 aliphatic carbocycles. The molecule has 0 radical (unpaired) electrons. The molecule has 1 amide bonds. The highest BCUT2D eigenvalue weighted by atomic mass is 35.5. The van der Waals surface area contributed by atoms with Crippen molar-refractivity contribution in [3.8, 4) is 5.75 Å². The number of unbranched alkanes of at least 4 members (excludes halogenated alkanes) is 1. The molecule has 2 aromatic carbocycles. The van der Waals surface area contributed by atoms with Crippen molar-refractivity contribution in [1.82, 2.24) is 4.90 Å². The second-order valence-corrected chi connectivity index (χ2v) is 8.74. The highest BCUT2D eigenvalue weighted by molar-refractivity contribution is 6.31. The van der Waals surface area contributed by atoms with E-state index in [4.69, 9.17) is 16.3 Å². The summed E-state index contributed by atoms with van der Waals surface area (Å²) in [6.45, 7) is 2.21. The predicted octanol–water partition coefficient (Wildman–Crippen LogP) is 5.64. The van der Waals surface area contributed by atoms with Crippen LogP contribution in [0.4, 0.5) is 14.5 Å². The van der Waals surface area contributed by atoms with Crippen LogP contribution in [0, 0.1) is 5.82 Å². The topological polar surface area (TPSA) is 41.6 Å². The van der Waals surface area contributed by atoms with Crippen LogP contribution < -0.4 is 10.1 Å². The number of fused-ring (bicyclic) bond motifs is 1. The van der Waals surface area contributed by atoms with E-state index in [1.807, 2.05) is 12.1 Å². The van der Waals surface area contributed by atoms with Crippen LogP contribution in [0.25, 0.3) is 0 Å². The van der Waals surface area contributed by atoms with Gasteiger partial charge in [-0.3, -0.25) is 4.79 Å². The number of carbonyl (C=O) groups is 1. The number of anilines is 1. The number of piperidine rings is 1. The maximum Gasteiger partial charge on any atom is 0.253 e. The van der Waals surface area contributed by atoms with Gasteiger partial charge in [-0.25, -0.2) is 8.78 Å². The predicted molar refractivity (Wildman–Crippen MR) is 118 cm³/mol. The third-order valence-electron chi connectivity index (χ3n) is 6.21. The number of amides is 1. The summed E-state index contributed by atoms with van der Waals surface area (Å²) < 4.78 is 34.5. The van der Waals surface area contributed by atoms with Crippen molar-refractivity contribution in [3.05, 3.63) is 58.4 Å². The van der Waals surface area contributed by atoms with Crippen LogP contribution in [0.15, 0.2) is 36.4 Å². The van der Waals surface area contributed by atoms with E-state index in [1.54, 1.807) is 4.90 Å². The summed E-state index contributed by atoms with van der Waals surface area (Å²) in [5, 5.41) is 3.25. The first-order valence-electron chi connectivity index (χ1n) is 10.9. The van der Waals surface area contributed by atoms with Crippen molar-refractivity contribution in [3.63, 3.8) is 0 Å². The molecule has 31 heavy (non-hydrogen) atoms. The summed E-state index contributed by atoms with van der Waals surface area (Å²) in [4.78, 5) is 14.2. The van der Waals surface area contributed by atoms with Gasteiger partial charge in [-0.1, -0.05) is 17.7 Å². The average molecular weight is 449 g/mol. The molecule has 0 bridgehead atoms. The molecule has 0 saturated carbocycles. The summed E-state index contributed by atoms with van der Waals surface area (Å²) in [7, 11) is 0. The van der Waals surface area contributed by atoms with E-state index in [1.165, 1.54) is 23.8 Å². The summed E-state index contributed by atoms with van der Waals surface area (Å²) in [5.74, 6) is 0.129. The molecular weight excluding hydrogens is 422 g/mol. The SMILES string of the molecule is O=C(c1ccc(F)c(Cl)c1)N1CCC(F)(CCCCOc2cccc3c2CCN3)CC1. The standard InChI is InChI=1S/C24H27ClF2N2O2/c25-19-16-17(6-7-20(19)26)23(30)29-13-10-24(27,11-14-29)9-1-2-15-31-22-5-3-4-21-18(22)8-12-28-21/h3-7,16,28H,1-2,8-15H2. The third kappa shape index (κ3) is 5.12. The Morgan fingerprint density at radius 2 is 2.00 bits per heavy atom. The van der Waals surface area contributed by atoms with Gasteiger partial charge in [0.15, 0.2) is 0 Å². The molecule has 2 aliphatic heterocycles. The van der Waals surface area contributed by atoms with Crippen LogP contribution in [0.5, 0.6) is 5.75 Å². The van der Waals surface area contributed by atoms with Crippen LogP contribution in [0.1, 0.15) is 48.0 Å². The van der Waals surface area contributed by atoms with Crippen molar-refractivity contribution in [2.75, 3.05) is 31.6 Å². The lowest BCUT2D eigenvalue weighted by Gasteiger charge is -2.36. The number of carbonyl (C=O) groups excluding carboxylic acids is 1. The Bertz CT molecular complexity index is 945. The largest absolute Gasteiger partial charge is 0.493 e. The Balaban J connectivity index is 1.20. The smallest absolute Gasteiger partial charge is 0.253 e. The molecule has 0 spiro atoms. The van der Waals surface area contributed by atoms with Gasteiger partial charge in [-0.05, 0) is 68.9 Å². The molecule has 2 heterocycles. The highest BCUT2D eigenvalue weighted by Gasteiger charge is 2.35. The van der Waals surface area contributed by atoms with Crippen LogP contribution >= 0.6 is 11.6 Å². The van der Waals surface area contributed by atoms with Gasteiger partial charge >= 0.3 is 0 Å². The third-order valence-corrected chi connectivity index (χ3v) is 6.50. The number of rotatable bonds is 7.